The van der Waals surface area contributed by atoms with Crippen LogP contribution in [0.25, 0.3) is 6.08 Å². The first-order valence-corrected chi connectivity index (χ1v) is 10.1. The minimum atomic E-state index is -0.0741. The van der Waals surface area contributed by atoms with E-state index >= 15 is 0 Å². The summed E-state index contributed by atoms with van der Waals surface area (Å²) in [5.41, 5.74) is 1.62. The van der Waals surface area contributed by atoms with Crippen LogP contribution in [-0.2, 0) is 4.79 Å². The number of rotatable bonds is 7. The zero-order valence-electron chi connectivity index (χ0n) is 16.3. The molecule has 1 aliphatic rings. The molecular weight excluding hydrogens is 386 g/mol. The molecule has 1 amide bonds. The molecule has 1 fully saturated rings. The van der Waals surface area contributed by atoms with Gasteiger partial charge in [-0.3, -0.25) is 9.69 Å². The average molecular weight is 407 g/mol. The first-order chi connectivity index (χ1) is 14.2. The Morgan fingerprint density at radius 2 is 1.93 bits per heavy atom. The van der Waals surface area contributed by atoms with Crippen molar-refractivity contribution in [2.75, 3.05) is 19.8 Å². The van der Waals surface area contributed by atoms with Gasteiger partial charge in [0.15, 0.2) is 23.3 Å². The molecule has 0 spiro atoms. The summed E-state index contributed by atoms with van der Waals surface area (Å²) < 4.78 is 11.0. The number of nitriles is 1. The van der Waals surface area contributed by atoms with Crippen molar-refractivity contribution in [3.8, 4) is 17.6 Å². The van der Waals surface area contributed by atoms with Gasteiger partial charge in [0.05, 0.1) is 17.2 Å². The van der Waals surface area contributed by atoms with E-state index < -0.39 is 0 Å². The molecule has 0 radical (unpaired) electrons. The summed E-state index contributed by atoms with van der Waals surface area (Å²) >= 11 is 1.35. The average Bonchev–Trinajstić information content (AvgIpc) is 3.02. The highest BCUT2D eigenvalue weighted by Gasteiger charge is 2.32. The number of aliphatic imine (C=N–C) groups is 1. The molecule has 0 atom stereocenters. The predicted octanol–water partition coefficient (Wildman–Crippen LogP) is 4.61. The van der Waals surface area contributed by atoms with E-state index in [2.05, 4.69) is 4.99 Å². The molecule has 2 aromatic carbocycles. The van der Waals surface area contributed by atoms with Crippen molar-refractivity contribution in [3.05, 3.63) is 59.0 Å². The smallest absolute Gasteiger partial charge is 0.266 e. The normalized spacial score (nSPS) is 16.3. The maximum Gasteiger partial charge on any atom is 0.266 e. The number of hydrogen-bond donors (Lipinski definition) is 0. The van der Waals surface area contributed by atoms with Gasteiger partial charge in [0, 0.05) is 6.54 Å². The van der Waals surface area contributed by atoms with Crippen molar-refractivity contribution >= 4 is 34.6 Å². The van der Waals surface area contributed by atoms with E-state index in [-0.39, 0.29) is 12.5 Å². The standard InChI is InChI=1S/C22H21N3O3S/c1-3-25-21(26)20(29-22(25)24-17-8-6-5-7-9-17)15-16-10-11-18(28-13-12-23)19(14-16)27-4-2/h5-11,14-15H,3-4,13H2,1-2H3/b20-15+,24-22?. The van der Waals surface area contributed by atoms with Crippen LogP contribution in [0.4, 0.5) is 5.69 Å². The SMILES string of the molecule is CCOc1cc(/C=C2/SC(=Nc3ccccc3)N(CC)C2=O)ccc1OCC#N. The van der Waals surface area contributed by atoms with Gasteiger partial charge < -0.3 is 9.47 Å². The number of nitrogens with zero attached hydrogens (tertiary/aromatic N) is 3. The molecule has 148 valence electrons. The third-order valence-electron chi connectivity index (χ3n) is 4.04. The minimum Gasteiger partial charge on any atom is -0.490 e. The summed E-state index contributed by atoms with van der Waals surface area (Å²) in [6.07, 6.45) is 1.82. The Labute approximate surface area is 174 Å². The molecule has 0 saturated carbocycles. The van der Waals surface area contributed by atoms with Gasteiger partial charge in [0.25, 0.3) is 5.91 Å². The number of thioether (sulfide) groups is 1. The molecule has 1 aliphatic heterocycles. The second kappa shape index (κ2) is 9.80. The van der Waals surface area contributed by atoms with Crippen LogP contribution in [0.1, 0.15) is 19.4 Å². The summed E-state index contributed by atoms with van der Waals surface area (Å²) in [5, 5.41) is 9.38. The predicted molar refractivity (Wildman–Crippen MR) is 115 cm³/mol. The van der Waals surface area contributed by atoms with Gasteiger partial charge in [-0.05, 0) is 61.5 Å². The molecule has 29 heavy (non-hydrogen) atoms. The van der Waals surface area contributed by atoms with E-state index in [9.17, 15) is 4.79 Å². The van der Waals surface area contributed by atoms with Crippen molar-refractivity contribution in [1.82, 2.24) is 4.90 Å². The van der Waals surface area contributed by atoms with E-state index in [1.54, 1.807) is 17.0 Å². The lowest BCUT2D eigenvalue weighted by Gasteiger charge is -2.12. The molecule has 0 aliphatic carbocycles. The van der Waals surface area contributed by atoms with Crippen molar-refractivity contribution in [2.24, 2.45) is 4.99 Å². The van der Waals surface area contributed by atoms with Crippen molar-refractivity contribution in [1.29, 1.82) is 5.26 Å². The molecule has 0 aromatic heterocycles. The lowest BCUT2D eigenvalue weighted by molar-refractivity contribution is -0.122. The van der Waals surface area contributed by atoms with Gasteiger partial charge in [0.2, 0.25) is 0 Å². The van der Waals surface area contributed by atoms with E-state index in [0.29, 0.717) is 34.7 Å². The number of amides is 1. The molecule has 6 nitrogen and oxygen atoms in total. The Hall–Kier alpha value is -3.24. The Bertz CT molecular complexity index is 981. The quantitative estimate of drug-likeness (QED) is 0.627. The summed E-state index contributed by atoms with van der Waals surface area (Å²) in [4.78, 5) is 19.7. The summed E-state index contributed by atoms with van der Waals surface area (Å²) in [6.45, 7) is 4.76. The number of amidine groups is 1. The number of carbonyl (C=O) groups is 1. The van der Waals surface area contributed by atoms with Crippen LogP contribution in [0.5, 0.6) is 11.5 Å². The number of carbonyl (C=O) groups excluding carboxylic acids is 1. The first kappa shape index (κ1) is 20.5. The van der Waals surface area contributed by atoms with Gasteiger partial charge in [-0.2, -0.15) is 5.26 Å². The fraction of sp³-hybridized carbons (Fsp3) is 0.227. The highest BCUT2D eigenvalue weighted by Crippen LogP contribution is 2.35. The molecular formula is C22H21N3O3S. The van der Waals surface area contributed by atoms with E-state index in [4.69, 9.17) is 14.7 Å². The molecule has 1 heterocycles. The third kappa shape index (κ3) is 4.98. The van der Waals surface area contributed by atoms with E-state index in [1.807, 2.05) is 62.4 Å². The summed E-state index contributed by atoms with van der Waals surface area (Å²) in [7, 11) is 0. The van der Waals surface area contributed by atoms with Crippen molar-refractivity contribution in [2.45, 2.75) is 13.8 Å². The zero-order valence-corrected chi connectivity index (χ0v) is 17.1. The number of ether oxygens (including phenoxy) is 2. The van der Waals surface area contributed by atoms with Crippen LogP contribution in [-0.4, -0.2) is 35.7 Å². The molecule has 2 aromatic rings. The lowest BCUT2D eigenvalue weighted by Crippen LogP contribution is -2.28. The van der Waals surface area contributed by atoms with Crippen LogP contribution in [0.2, 0.25) is 0 Å². The molecule has 0 unspecified atom stereocenters. The monoisotopic (exact) mass is 407 g/mol. The van der Waals surface area contributed by atoms with Crippen LogP contribution in [0.3, 0.4) is 0 Å². The number of benzene rings is 2. The Balaban J connectivity index is 1.89. The van der Waals surface area contributed by atoms with E-state index in [0.717, 1.165) is 11.3 Å². The Kier molecular flexibility index (Phi) is 6.93. The largest absolute Gasteiger partial charge is 0.490 e. The molecule has 0 N–H and O–H groups in total. The molecule has 1 saturated heterocycles. The van der Waals surface area contributed by atoms with Gasteiger partial charge in [-0.1, -0.05) is 24.3 Å². The fourth-order valence-electron chi connectivity index (χ4n) is 2.75. The number of likely N-dealkylation sites (N-methyl/N-ethyl adjacent to an activating group) is 1. The van der Waals surface area contributed by atoms with E-state index in [1.165, 1.54) is 11.8 Å². The van der Waals surface area contributed by atoms with Gasteiger partial charge >= 0.3 is 0 Å². The third-order valence-corrected chi connectivity index (χ3v) is 5.05. The van der Waals surface area contributed by atoms with Crippen molar-refractivity contribution in [3.63, 3.8) is 0 Å². The van der Waals surface area contributed by atoms with Gasteiger partial charge in [0.1, 0.15) is 6.07 Å². The number of hydrogen-bond acceptors (Lipinski definition) is 6. The maximum atomic E-state index is 12.8. The molecule has 3 rings (SSSR count). The highest BCUT2D eigenvalue weighted by molar-refractivity contribution is 8.18. The summed E-state index contributed by atoms with van der Waals surface area (Å²) in [5.74, 6) is 0.968. The van der Waals surface area contributed by atoms with Crippen molar-refractivity contribution < 1.29 is 14.3 Å². The van der Waals surface area contributed by atoms with Crippen LogP contribution < -0.4 is 9.47 Å². The topological polar surface area (TPSA) is 74.9 Å². The van der Waals surface area contributed by atoms with Gasteiger partial charge in [-0.15, -0.1) is 0 Å². The second-order valence-corrected chi connectivity index (χ2v) is 6.99. The first-order valence-electron chi connectivity index (χ1n) is 9.28. The number of para-hydroxylation sites is 1. The maximum absolute atomic E-state index is 12.8. The molecule has 0 bridgehead atoms. The van der Waals surface area contributed by atoms with Crippen LogP contribution >= 0.6 is 11.8 Å². The second-order valence-electron chi connectivity index (χ2n) is 5.98. The lowest BCUT2D eigenvalue weighted by atomic mass is 10.2. The highest BCUT2D eigenvalue weighted by atomic mass is 32.2. The van der Waals surface area contributed by atoms with Gasteiger partial charge in [-0.25, -0.2) is 4.99 Å². The Morgan fingerprint density at radius 1 is 1.14 bits per heavy atom. The fourth-order valence-corrected chi connectivity index (χ4v) is 3.81. The molecule has 7 heteroatoms. The summed E-state index contributed by atoms with van der Waals surface area (Å²) in [6, 6.07) is 16.9. The minimum absolute atomic E-state index is 0.0559. The van der Waals surface area contributed by atoms with Crippen LogP contribution in [0, 0.1) is 11.3 Å². The van der Waals surface area contributed by atoms with Crippen LogP contribution in [0.15, 0.2) is 58.4 Å². The Morgan fingerprint density at radius 3 is 2.62 bits per heavy atom. The zero-order chi connectivity index (χ0) is 20.6.